The highest BCUT2D eigenvalue weighted by Gasteiger charge is 2.27. The first-order chi connectivity index (χ1) is 10.1. The number of benzene rings is 2. The Morgan fingerprint density at radius 3 is 2.38 bits per heavy atom. The molecule has 0 fully saturated rings. The van der Waals surface area contributed by atoms with Crippen LogP contribution in [-0.4, -0.2) is 11.1 Å². The zero-order valence-electron chi connectivity index (χ0n) is 11.9. The number of carboxylic acid groups (broad SMARTS) is 1. The fraction of sp³-hybridized carbons (Fsp3) is 0.222. The number of nitrogens with zero attached hydrogens (tertiary/aromatic N) is 1. The fourth-order valence-electron chi connectivity index (χ4n) is 2.58. The molecule has 2 atom stereocenters. The Bertz CT molecular complexity index is 658. The lowest BCUT2D eigenvalue weighted by molar-refractivity contribution is -0.137. The minimum absolute atomic E-state index is 0.0593. The summed E-state index contributed by atoms with van der Waals surface area (Å²) < 4.78 is 0. The second-order valence-electron chi connectivity index (χ2n) is 5.14. The number of carbonyl (C=O) groups is 1. The average molecular weight is 279 g/mol. The summed E-state index contributed by atoms with van der Waals surface area (Å²) in [4.78, 5) is 11.2. The fourth-order valence-corrected chi connectivity index (χ4v) is 2.58. The number of aryl methyl sites for hydroxylation is 1. The molecule has 106 valence electrons. The molecule has 0 bridgehead atoms. The third-order valence-electron chi connectivity index (χ3n) is 3.56. The van der Waals surface area contributed by atoms with Gasteiger partial charge in [0.1, 0.15) is 0 Å². The van der Waals surface area contributed by atoms with Gasteiger partial charge in [-0.3, -0.25) is 4.79 Å². The van der Waals surface area contributed by atoms with Crippen LogP contribution in [-0.2, 0) is 4.79 Å². The number of hydrogen-bond acceptors (Lipinski definition) is 2. The minimum atomic E-state index is -0.892. The van der Waals surface area contributed by atoms with Gasteiger partial charge in [-0.25, -0.2) is 0 Å². The van der Waals surface area contributed by atoms with Crippen LogP contribution in [0.3, 0.4) is 0 Å². The topological polar surface area (TPSA) is 61.1 Å². The van der Waals surface area contributed by atoms with Crippen molar-refractivity contribution in [3.05, 3.63) is 71.3 Å². The van der Waals surface area contributed by atoms with E-state index >= 15 is 0 Å². The lowest BCUT2D eigenvalue weighted by Crippen LogP contribution is -2.14. The number of nitriles is 1. The second-order valence-corrected chi connectivity index (χ2v) is 5.14. The third kappa shape index (κ3) is 3.70. The predicted octanol–water partition coefficient (Wildman–Crippen LogP) is 3.86. The van der Waals surface area contributed by atoms with Gasteiger partial charge >= 0.3 is 5.97 Å². The summed E-state index contributed by atoms with van der Waals surface area (Å²) in [6, 6.07) is 19.4. The van der Waals surface area contributed by atoms with Crippen molar-refractivity contribution in [1.82, 2.24) is 0 Å². The van der Waals surface area contributed by atoms with Crippen molar-refractivity contribution in [3.63, 3.8) is 0 Å². The van der Waals surface area contributed by atoms with Crippen molar-refractivity contribution >= 4 is 5.97 Å². The first kappa shape index (κ1) is 14.8. The van der Waals surface area contributed by atoms with Gasteiger partial charge in [0.05, 0.1) is 18.4 Å². The first-order valence-corrected chi connectivity index (χ1v) is 6.84. The van der Waals surface area contributed by atoms with Gasteiger partial charge in [0.15, 0.2) is 0 Å². The van der Waals surface area contributed by atoms with Gasteiger partial charge in [0.25, 0.3) is 0 Å². The summed E-state index contributed by atoms with van der Waals surface area (Å²) in [5.41, 5.74) is 2.82. The molecule has 0 aliphatic rings. The van der Waals surface area contributed by atoms with Gasteiger partial charge in [0.2, 0.25) is 0 Å². The summed E-state index contributed by atoms with van der Waals surface area (Å²) in [5, 5.41) is 18.8. The van der Waals surface area contributed by atoms with Crippen molar-refractivity contribution in [2.24, 2.45) is 0 Å². The van der Waals surface area contributed by atoms with E-state index in [0.717, 1.165) is 16.7 Å². The van der Waals surface area contributed by atoms with Crippen LogP contribution < -0.4 is 0 Å². The molecule has 2 aromatic carbocycles. The normalized spacial score (nSPS) is 13.1. The van der Waals surface area contributed by atoms with Crippen LogP contribution in [0, 0.1) is 18.3 Å². The molecule has 0 aliphatic carbocycles. The molecule has 0 heterocycles. The molecule has 0 aromatic heterocycles. The molecule has 2 unspecified atom stereocenters. The molecule has 0 aliphatic heterocycles. The SMILES string of the molecule is Cc1cccc(C(C#N)C(CC(=O)O)c2ccccc2)c1. The molecule has 0 spiro atoms. The molecule has 2 rings (SSSR count). The Morgan fingerprint density at radius 2 is 1.81 bits per heavy atom. The Labute approximate surface area is 124 Å². The van der Waals surface area contributed by atoms with Gasteiger partial charge in [0, 0.05) is 5.92 Å². The number of hydrogen-bond donors (Lipinski definition) is 1. The molecule has 0 radical (unpaired) electrons. The Hall–Kier alpha value is -2.60. The molecule has 21 heavy (non-hydrogen) atoms. The standard InChI is InChI=1S/C18H17NO2/c1-13-6-5-9-15(10-13)17(12-19)16(11-18(20)21)14-7-3-2-4-8-14/h2-10,16-17H,11H2,1H3,(H,20,21). The Kier molecular flexibility index (Phi) is 4.73. The maximum absolute atomic E-state index is 11.2. The van der Waals surface area contributed by atoms with Gasteiger partial charge < -0.3 is 5.11 Å². The second kappa shape index (κ2) is 6.71. The smallest absolute Gasteiger partial charge is 0.304 e. The molecule has 0 saturated heterocycles. The van der Waals surface area contributed by atoms with Crippen LogP contribution in [0.4, 0.5) is 0 Å². The van der Waals surface area contributed by atoms with Gasteiger partial charge in [-0.15, -0.1) is 0 Å². The summed E-state index contributed by atoms with van der Waals surface area (Å²) in [6.45, 7) is 1.96. The highest BCUT2D eigenvalue weighted by molar-refractivity contribution is 5.68. The van der Waals surface area contributed by atoms with Gasteiger partial charge in [-0.05, 0) is 18.1 Å². The van der Waals surface area contributed by atoms with Gasteiger partial charge in [-0.1, -0.05) is 60.2 Å². The molecule has 0 saturated carbocycles. The zero-order chi connectivity index (χ0) is 15.2. The van der Waals surface area contributed by atoms with E-state index in [-0.39, 0.29) is 12.3 Å². The van der Waals surface area contributed by atoms with E-state index in [4.69, 9.17) is 0 Å². The zero-order valence-corrected chi connectivity index (χ0v) is 11.9. The first-order valence-electron chi connectivity index (χ1n) is 6.84. The highest BCUT2D eigenvalue weighted by Crippen LogP contribution is 2.35. The molecule has 3 heteroatoms. The maximum Gasteiger partial charge on any atom is 0.304 e. The highest BCUT2D eigenvalue weighted by atomic mass is 16.4. The van der Waals surface area contributed by atoms with Crippen LogP contribution in [0.15, 0.2) is 54.6 Å². The summed E-state index contributed by atoms with van der Waals surface area (Å²) in [5.74, 6) is -1.71. The van der Waals surface area contributed by atoms with E-state index in [1.807, 2.05) is 61.5 Å². The minimum Gasteiger partial charge on any atom is -0.481 e. The summed E-state index contributed by atoms with van der Waals surface area (Å²) in [6.07, 6.45) is -0.0593. The Morgan fingerprint density at radius 1 is 1.14 bits per heavy atom. The van der Waals surface area contributed by atoms with Crippen molar-refractivity contribution < 1.29 is 9.90 Å². The van der Waals surface area contributed by atoms with Crippen LogP contribution in [0.2, 0.25) is 0 Å². The van der Waals surface area contributed by atoms with Crippen LogP contribution in [0.25, 0.3) is 0 Å². The largest absolute Gasteiger partial charge is 0.481 e. The molecular weight excluding hydrogens is 262 g/mol. The summed E-state index contributed by atoms with van der Waals surface area (Å²) >= 11 is 0. The number of aliphatic carboxylic acids is 1. The van der Waals surface area contributed by atoms with Crippen molar-refractivity contribution in [2.45, 2.75) is 25.2 Å². The van der Waals surface area contributed by atoms with E-state index in [0.29, 0.717) is 0 Å². The van der Waals surface area contributed by atoms with Crippen LogP contribution >= 0.6 is 0 Å². The predicted molar refractivity (Wildman–Crippen MR) is 81.0 cm³/mol. The molecule has 3 nitrogen and oxygen atoms in total. The van der Waals surface area contributed by atoms with E-state index in [9.17, 15) is 15.2 Å². The van der Waals surface area contributed by atoms with E-state index in [1.165, 1.54) is 0 Å². The summed E-state index contributed by atoms with van der Waals surface area (Å²) in [7, 11) is 0. The van der Waals surface area contributed by atoms with E-state index < -0.39 is 11.9 Å². The lowest BCUT2D eigenvalue weighted by atomic mass is 9.80. The number of carboxylic acids is 1. The average Bonchev–Trinajstić information content (AvgIpc) is 2.48. The van der Waals surface area contributed by atoms with Crippen molar-refractivity contribution in [2.75, 3.05) is 0 Å². The monoisotopic (exact) mass is 279 g/mol. The van der Waals surface area contributed by atoms with Crippen molar-refractivity contribution in [3.8, 4) is 6.07 Å². The maximum atomic E-state index is 11.2. The lowest BCUT2D eigenvalue weighted by Gasteiger charge is -2.21. The van der Waals surface area contributed by atoms with Crippen LogP contribution in [0.1, 0.15) is 34.9 Å². The number of rotatable bonds is 5. The van der Waals surface area contributed by atoms with Crippen LogP contribution in [0.5, 0.6) is 0 Å². The quantitative estimate of drug-likeness (QED) is 0.904. The Balaban J connectivity index is 2.43. The third-order valence-corrected chi connectivity index (χ3v) is 3.56. The molecular formula is C18H17NO2. The van der Waals surface area contributed by atoms with E-state index in [2.05, 4.69) is 6.07 Å². The van der Waals surface area contributed by atoms with Gasteiger partial charge in [-0.2, -0.15) is 5.26 Å². The van der Waals surface area contributed by atoms with Crippen molar-refractivity contribution in [1.29, 1.82) is 5.26 Å². The molecule has 2 aromatic rings. The molecule has 1 N–H and O–H groups in total. The molecule has 0 amide bonds. The van der Waals surface area contributed by atoms with E-state index in [1.54, 1.807) is 0 Å².